The second-order valence-corrected chi connectivity index (χ2v) is 9.30. The van der Waals surface area contributed by atoms with E-state index in [0.29, 0.717) is 23.9 Å². The number of hydrogen-bond donors (Lipinski definition) is 2. The van der Waals surface area contributed by atoms with Gasteiger partial charge in [0.25, 0.3) is 0 Å². The molecule has 1 aliphatic carbocycles. The summed E-state index contributed by atoms with van der Waals surface area (Å²) in [4.78, 5) is 20.3. The molecule has 2 N–H and O–H groups in total. The first-order chi connectivity index (χ1) is 16.8. The third-order valence-electron chi connectivity index (χ3n) is 6.18. The topological polar surface area (TPSA) is 128 Å². The van der Waals surface area contributed by atoms with Gasteiger partial charge in [-0.1, -0.05) is 0 Å². The third kappa shape index (κ3) is 4.23. The maximum atomic E-state index is 4.67. The van der Waals surface area contributed by atoms with Gasteiger partial charge < -0.3 is 4.98 Å². The highest BCUT2D eigenvalue weighted by Gasteiger charge is 2.24. The van der Waals surface area contributed by atoms with E-state index >= 15 is 0 Å². The summed E-state index contributed by atoms with van der Waals surface area (Å²) in [5, 5.41) is 17.0. The summed E-state index contributed by atoms with van der Waals surface area (Å²) in [5.74, 6) is 2.79. The Morgan fingerprint density at radius 2 is 1.97 bits per heavy atom. The molecule has 34 heavy (non-hydrogen) atoms. The quantitative estimate of drug-likeness (QED) is 0.362. The lowest BCUT2D eigenvalue weighted by Gasteiger charge is -2.28. The highest BCUT2D eigenvalue weighted by atomic mass is 32.2. The second-order valence-electron chi connectivity index (χ2n) is 8.32. The van der Waals surface area contributed by atoms with E-state index in [1.807, 2.05) is 22.4 Å². The minimum absolute atomic E-state index is 0.418. The number of H-pyrrole nitrogens is 1. The largest absolute Gasteiger partial charge is 0.346 e. The molecule has 12 heteroatoms. The van der Waals surface area contributed by atoms with Gasteiger partial charge in [-0.15, -0.1) is 10.2 Å². The van der Waals surface area contributed by atoms with E-state index in [4.69, 9.17) is 0 Å². The zero-order valence-corrected chi connectivity index (χ0v) is 19.1. The standard InChI is InChI=1S/C22H23N11S/c1-7-24-21(25-8-1)30-22-31-28-14-33(22)34-12-15-2-4-17(5-3-15)32-11-16(10-29-32)19-18-6-9-23-20(18)27-13-26-19/h1,6-11,13-15,17H,2-5,12H2,(H,23,26,27)(H,24,25,30,31). The number of nitrogens with one attached hydrogen (secondary N) is 2. The molecular formula is C22H23N11S. The lowest BCUT2D eigenvalue weighted by atomic mass is 9.87. The average Bonchev–Trinajstić information content (AvgIpc) is 3.64. The number of aromatic amines is 1. The van der Waals surface area contributed by atoms with Crippen molar-refractivity contribution in [2.24, 2.45) is 5.92 Å². The van der Waals surface area contributed by atoms with E-state index in [-0.39, 0.29) is 0 Å². The minimum atomic E-state index is 0.418. The van der Waals surface area contributed by atoms with Crippen LogP contribution in [0.25, 0.3) is 22.3 Å². The molecule has 5 heterocycles. The van der Waals surface area contributed by atoms with Gasteiger partial charge in [0.1, 0.15) is 18.3 Å². The fourth-order valence-electron chi connectivity index (χ4n) is 4.39. The summed E-state index contributed by atoms with van der Waals surface area (Å²) in [6.07, 6.45) is 17.2. The maximum Gasteiger partial charge on any atom is 0.241 e. The first-order valence-corrected chi connectivity index (χ1v) is 12.2. The predicted molar refractivity (Wildman–Crippen MR) is 129 cm³/mol. The van der Waals surface area contributed by atoms with Gasteiger partial charge in [0.15, 0.2) is 0 Å². The van der Waals surface area contributed by atoms with Crippen LogP contribution >= 0.6 is 11.9 Å². The van der Waals surface area contributed by atoms with Crippen LogP contribution in [0, 0.1) is 5.92 Å². The molecule has 5 aromatic heterocycles. The Kier molecular flexibility index (Phi) is 5.63. The Hall–Kier alpha value is -3.80. The molecule has 0 saturated heterocycles. The molecule has 0 unspecified atom stereocenters. The predicted octanol–water partition coefficient (Wildman–Crippen LogP) is 3.87. The molecule has 5 aromatic rings. The van der Waals surface area contributed by atoms with Gasteiger partial charge in [0, 0.05) is 41.5 Å². The number of rotatable bonds is 7. The first kappa shape index (κ1) is 20.8. The van der Waals surface area contributed by atoms with Gasteiger partial charge >= 0.3 is 0 Å². The molecular weight excluding hydrogens is 450 g/mol. The van der Waals surface area contributed by atoms with Crippen LogP contribution in [0.5, 0.6) is 0 Å². The van der Waals surface area contributed by atoms with Crippen molar-refractivity contribution in [2.45, 2.75) is 31.7 Å². The molecule has 11 nitrogen and oxygen atoms in total. The van der Waals surface area contributed by atoms with Crippen molar-refractivity contribution in [3.63, 3.8) is 0 Å². The average molecular weight is 474 g/mol. The van der Waals surface area contributed by atoms with Gasteiger partial charge in [-0.3, -0.25) is 10.00 Å². The van der Waals surface area contributed by atoms with Gasteiger partial charge in [0.05, 0.1) is 17.9 Å². The fraction of sp³-hybridized carbons (Fsp3) is 0.318. The monoisotopic (exact) mass is 473 g/mol. The van der Waals surface area contributed by atoms with Crippen LogP contribution in [0.15, 0.2) is 55.8 Å². The van der Waals surface area contributed by atoms with Gasteiger partial charge in [0.2, 0.25) is 11.9 Å². The van der Waals surface area contributed by atoms with E-state index in [1.165, 1.54) is 0 Å². The third-order valence-corrected chi connectivity index (χ3v) is 7.34. The smallest absolute Gasteiger partial charge is 0.241 e. The van der Waals surface area contributed by atoms with Crippen molar-refractivity contribution in [1.82, 2.24) is 48.9 Å². The van der Waals surface area contributed by atoms with Crippen LogP contribution < -0.4 is 5.32 Å². The molecule has 1 saturated carbocycles. The van der Waals surface area contributed by atoms with Crippen LogP contribution in [0.2, 0.25) is 0 Å². The van der Waals surface area contributed by atoms with Crippen LogP contribution in [-0.2, 0) is 0 Å². The van der Waals surface area contributed by atoms with E-state index in [0.717, 1.165) is 53.7 Å². The number of nitrogens with zero attached hydrogens (tertiary/aromatic N) is 9. The summed E-state index contributed by atoms with van der Waals surface area (Å²) in [6, 6.07) is 4.21. The summed E-state index contributed by atoms with van der Waals surface area (Å²) in [5.41, 5.74) is 2.79. The molecule has 0 aromatic carbocycles. The van der Waals surface area contributed by atoms with Crippen molar-refractivity contribution in [2.75, 3.05) is 11.1 Å². The number of hydrogen-bond acceptors (Lipinski definition) is 9. The minimum Gasteiger partial charge on any atom is -0.346 e. The maximum absolute atomic E-state index is 4.67. The number of anilines is 2. The van der Waals surface area contributed by atoms with Crippen molar-refractivity contribution in [3.05, 3.63) is 55.8 Å². The molecule has 0 atom stereocenters. The Labute approximate surface area is 199 Å². The Morgan fingerprint density at radius 3 is 2.85 bits per heavy atom. The summed E-state index contributed by atoms with van der Waals surface area (Å²) in [7, 11) is 0. The van der Waals surface area contributed by atoms with Gasteiger partial charge in [-0.05, 0) is 55.7 Å². The Balaban J connectivity index is 1.05. The second kappa shape index (κ2) is 9.21. The van der Waals surface area contributed by atoms with Crippen molar-refractivity contribution in [1.29, 1.82) is 0 Å². The highest BCUT2D eigenvalue weighted by Crippen LogP contribution is 2.35. The summed E-state index contributed by atoms with van der Waals surface area (Å²) in [6.45, 7) is 0. The van der Waals surface area contributed by atoms with E-state index < -0.39 is 0 Å². The summed E-state index contributed by atoms with van der Waals surface area (Å²) >= 11 is 1.71. The molecule has 6 rings (SSSR count). The normalized spacial score (nSPS) is 18.4. The zero-order valence-electron chi connectivity index (χ0n) is 18.3. The number of fused-ring (bicyclic) bond motifs is 1. The SMILES string of the molecule is c1cnc(Nc2nncn2SCC2CCC(n3cc(-c4ncnc5[nH]ccc45)cn3)CC2)nc1. The van der Waals surface area contributed by atoms with E-state index in [9.17, 15) is 0 Å². The first-order valence-electron chi connectivity index (χ1n) is 11.2. The van der Waals surface area contributed by atoms with Crippen molar-refractivity contribution < 1.29 is 0 Å². The van der Waals surface area contributed by atoms with Crippen molar-refractivity contribution in [3.8, 4) is 11.3 Å². The molecule has 0 aliphatic heterocycles. The molecule has 0 bridgehead atoms. The van der Waals surface area contributed by atoms with Crippen LogP contribution in [0.1, 0.15) is 31.7 Å². The van der Waals surface area contributed by atoms with E-state index in [2.05, 4.69) is 56.4 Å². The Bertz CT molecular complexity index is 1370. The summed E-state index contributed by atoms with van der Waals surface area (Å²) < 4.78 is 4.06. The van der Waals surface area contributed by atoms with Crippen molar-refractivity contribution >= 4 is 34.9 Å². The van der Waals surface area contributed by atoms with Crippen LogP contribution in [-0.4, -0.2) is 54.6 Å². The van der Waals surface area contributed by atoms with Crippen LogP contribution in [0.3, 0.4) is 0 Å². The lowest BCUT2D eigenvalue weighted by Crippen LogP contribution is -2.20. The number of aromatic nitrogens is 10. The van der Waals surface area contributed by atoms with Gasteiger partial charge in [-0.2, -0.15) is 5.10 Å². The molecule has 0 spiro atoms. The fourth-order valence-corrected chi connectivity index (χ4v) is 5.41. The molecule has 0 amide bonds. The Morgan fingerprint density at radius 1 is 1.09 bits per heavy atom. The highest BCUT2D eigenvalue weighted by molar-refractivity contribution is 7.97. The molecule has 1 fully saturated rings. The molecule has 172 valence electrons. The van der Waals surface area contributed by atoms with Crippen LogP contribution in [0.4, 0.5) is 11.9 Å². The molecule has 1 aliphatic rings. The van der Waals surface area contributed by atoms with E-state index in [1.54, 1.807) is 43.1 Å². The van der Waals surface area contributed by atoms with Gasteiger partial charge in [-0.25, -0.2) is 23.9 Å². The molecule has 0 radical (unpaired) electrons. The zero-order chi connectivity index (χ0) is 22.7. The lowest BCUT2D eigenvalue weighted by molar-refractivity contribution is 0.277.